The van der Waals surface area contributed by atoms with E-state index in [1.54, 1.807) is 7.05 Å². The third-order valence-electron chi connectivity index (χ3n) is 4.57. The summed E-state index contributed by atoms with van der Waals surface area (Å²) in [6.07, 6.45) is 0.593. The van der Waals surface area contributed by atoms with E-state index in [4.69, 9.17) is 4.74 Å². The van der Waals surface area contributed by atoms with Gasteiger partial charge in [0, 0.05) is 22.6 Å². The van der Waals surface area contributed by atoms with Gasteiger partial charge in [-0.05, 0) is 76.2 Å². The van der Waals surface area contributed by atoms with Gasteiger partial charge < -0.3 is 4.74 Å². The number of hydrogen-bond donors (Lipinski definition) is 0. The number of aryl methyl sites for hydroxylation is 2. The third kappa shape index (κ3) is 5.02. The number of nitrogens with zero attached hydrogens (tertiary/aromatic N) is 6. The van der Waals surface area contributed by atoms with Crippen molar-refractivity contribution >= 4 is 34.2 Å². The lowest BCUT2D eigenvalue weighted by atomic mass is 10.1. The van der Waals surface area contributed by atoms with Gasteiger partial charge in [0.2, 0.25) is 5.90 Å². The predicted octanol–water partition coefficient (Wildman–Crippen LogP) is 3.63. The van der Waals surface area contributed by atoms with Crippen LogP contribution in [0.5, 0.6) is 0 Å². The maximum atomic E-state index is 12.3. The van der Waals surface area contributed by atoms with Crippen molar-refractivity contribution in [2.75, 3.05) is 0 Å². The van der Waals surface area contributed by atoms with Gasteiger partial charge in [0.05, 0.1) is 11.4 Å². The van der Waals surface area contributed by atoms with E-state index in [1.807, 2.05) is 57.2 Å². The van der Waals surface area contributed by atoms with E-state index in [-0.39, 0.29) is 12.3 Å². The zero-order valence-corrected chi connectivity index (χ0v) is 19.5. The number of rotatable bonds is 6. The summed E-state index contributed by atoms with van der Waals surface area (Å²) in [5.74, 6) is 0.515. The van der Waals surface area contributed by atoms with E-state index in [1.165, 1.54) is 9.36 Å². The Labute approximate surface area is 188 Å². The second-order valence-electron chi connectivity index (χ2n) is 6.70. The number of tetrazole rings is 1. The monoisotopic (exact) mass is 518 g/mol. The lowest BCUT2D eigenvalue weighted by Crippen LogP contribution is -2.23. The van der Waals surface area contributed by atoms with E-state index in [0.717, 1.165) is 26.0 Å². The van der Waals surface area contributed by atoms with Crippen LogP contribution < -0.4 is 5.69 Å². The van der Waals surface area contributed by atoms with Gasteiger partial charge in [0.1, 0.15) is 6.61 Å². The topological polar surface area (TPSA) is 86.7 Å². The van der Waals surface area contributed by atoms with Gasteiger partial charge in [-0.2, -0.15) is 14.5 Å². The van der Waals surface area contributed by atoms with Crippen LogP contribution in [-0.2, 0) is 18.4 Å². The number of aromatic nitrogens is 4. The molecule has 0 radical (unpaired) electrons. The molecule has 0 aliphatic rings. The largest absolute Gasteiger partial charge is 0.475 e. The van der Waals surface area contributed by atoms with Gasteiger partial charge >= 0.3 is 5.69 Å². The second kappa shape index (κ2) is 9.79. The summed E-state index contributed by atoms with van der Waals surface area (Å²) in [6.45, 7) is 6.09. The van der Waals surface area contributed by atoms with E-state index < -0.39 is 0 Å². The first-order valence-corrected chi connectivity index (χ1v) is 10.6. The van der Waals surface area contributed by atoms with E-state index in [9.17, 15) is 4.79 Å². The van der Waals surface area contributed by atoms with Crippen LogP contribution in [0.4, 0.5) is 0 Å². The lowest BCUT2D eigenvalue weighted by Gasteiger charge is -2.13. The smallest absolute Gasteiger partial charge is 0.368 e. The third-order valence-corrected chi connectivity index (χ3v) is 5.25. The quantitative estimate of drug-likeness (QED) is 0.216. The Balaban J connectivity index is 1.83. The molecular formula is C21H23IN6O2. The van der Waals surface area contributed by atoms with Crippen LogP contribution in [0, 0.1) is 10.5 Å². The lowest BCUT2D eigenvalue weighted by molar-refractivity contribution is 0.282. The molecule has 0 saturated carbocycles. The molecule has 0 aliphatic heterocycles. The van der Waals surface area contributed by atoms with Crippen molar-refractivity contribution in [2.45, 2.75) is 33.8 Å². The molecule has 0 saturated heterocycles. The normalized spacial score (nSPS) is 12.3. The van der Waals surface area contributed by atoms with Crippen molar-refractivity contribution < 1.29 is 4.74 Å². The molecule has 0 unspecified atom stereocenters. The number of ether oxygens (including phenoxy) is 1. The van der Waals surface area contributed by atoms with Gasteiger partial charge in [-0.25, -0.2) is 4.79 Å². The maximum absolute atomic E-state index is 12.3. The van der Waals surface area contributed by atoms with Crippen molar-refractivity contribution in [3.05, 3.63) is 73.2 Å². The summed E-state index contributed by atoms with van der Waals surface area (Å²) >= 11 is 2.27. The average molecular weight is 518 g/mol. The Kier molecular flexibility index (Phi) is 7.14. The highest BCUT2D eigenvalue weighted by atomic mass is 127. The Bertz CT molecular complexity index is 1160. The zero-order valence-electron chi connectivity index (χ0n) is 17.3. The zero-order chi connectivity index (χ0) is 21.7. The van der Waals surface area contributed by atoms with Gasteiger partial charge in [-0.3, -0.25) is 0 Å². The van der Waals surface area contributed by atoms with Crippen molar-refractivity contribution in [1.29, 1.82) is 0 Å². The van der Waals surface area contributed by atoms with Gasteiger partial charge in [0.15, 0.2) is 0 Å². The highest BCUT2D eigenvalue weighted by Crippen LogP contribution is 2.18. The van der Waals surface area contributed by atoms with Crippen LogP contribution in [0.3, 0.4) is 0 Å². The maximum Gasteiger partial charge on any atom is 0.368 e. The van der Waals surface area contributed by atoms with Crippen molar-refractivity contribution in [3.8, 4) is 5.69 Å². The second-order valence-corrected chi connectivity index (χ2v) is 7.95. The van der Waals surface area contributed by atoms with Crippen LogP contribution >= 0.6 is 22.6 Å². The van der Waals surface area contributed by atoms with Crippen molar-refractivity contribution in [2.24, 2.45) is 17.3 Å². The molecule has 30 heavy (non-hydrogen) atoms. The minimum atomic E-state index is -0.316. The molecule has 0 aliphatic carbocycles. The average Bonchev–Trinajstić information content (AvgIpc) is 3.07. The summed E-state index contributed by atoms with van der Waals surface area (Å²) in [7, 11) is 1.56. The van der Waals surface area contributed by atoms with E-state index >= 15 is 0 Å². The van der Waals surface area contributed by atoms with Gasteiger partial charge in [-0.15, -0.1) is 5.10 Å². The van der Waals surface area contributed by atoms with E-state index in [0.29, 0.717) is 18.0 Å². The minimum Gasteiger partial charge on any atom is -0.475 e. The van der Waals surface area contributed by atoms with Crippen LogP contribution in [0.2, 0.25) is 0 Å². The highest BCUT2D eigenvalue weighted by Gasteiger charge is 2.14. The van der Waals surface area contributed by atoms with Gasteiger partial charge in [-0.1, -0.05) is 31.2 Å². The van der Waals surface area contributed by atoms with Crippen LogP contribution in [0.1, 0.15) is 37.0 Å². The summed E-state index contributed by atoms with van der Waals surface area (Å²) in [5, 5.41) is 16.4. The fourth-order valence-electron chi connectivity index (χ4n) is 2.80. The first-order valence-electron chi connectivity index (χ1n) is 9.48. The van der Waals surface area contributed by atoms with Crippen LogP contribution in [-0.4, -0.2) is 31.4 Å². The van der Waals surface area contributed by atoms with E-state index in [2.05, 4.69) is 49.3 Å². The summed E-state index contributed by atoms with van der Waals surface area (Å²) in [5.41, 5.74) is 3.99. The molecule has 0 N–H and O–H groups in total. The van der Waals surface area contributed by atoms with Crippen LogP contribution in [0.15, 0.2) is 57.5 Å². The molecular weight excluding hydrogens is 495 g/mol. The first kappa shape index (κ1) is 21.9. The van der Waals surface area contributed by atoms with Crippen molar-refractivity contribution in [3.63, 3.8) is 0 Å². The molecule has 0 bridgehead atoms. The molecule has 2 aromatic carbocycles. The molecule has 1 heterocycles. The highest BCUT2D eigenvalue weighted by molar-refractivity contribution is 14.1. The van der Waals surface area contributed by atoms with Crippen molar-refractivity contribution in [1.82, 2.24) is 19.8 Å². The summed E-state index contributed by atoms with van der Waals surface area (Å²) < 4.78 is 9.55. The molecule has 3 aromatic rings. The van der Waals surface area contributed by atoms with Crippen LogP contribution in [0.25, 0.3) is 5.69 Å². The number of halogens is 1. The first-order chi connectivity index (χ1) is 14.4. The molecule has 8 nitrogen and oxygen atoms in total. The number of hydrogen-bond acceptors (Lipinski definition) is 6. The molecule has 0 atom stereocenters. The standard InChI is InChI=1S/C21H23IN6O2/c1-5-20(24-23-15(3)16-9-7-10-17(22)12-16)30-13-18-14(2)8-6-11-19(18)28-21(29)27(4)25-26-28/h6-12H,5,13H2,1-4H3/b23-15+,24-20+. The summed E-state index contributed by atoms with van der Waals surface area (Å²) in [4.78, 5) is 12.3. The van der Waals surface area contributed by atoms with Gasteiger partial charge in [0.25, 0.3) is 0 Å². The molecule has 1 aromatic heterocycles. The molecule has 9 heteroatoms. The predicted molar refractivity (Wildman–Crippen MR) is 125 cm³/mol. The summed E-state index contributed by atoms with van der Waals surface area (Å²) in [6, 6.07) is 13.7. The fraction of sp³-hybridized carbons (Fsp3) is 0.286. The number of benzene rings is 2. The SMILES string of the molecule is CC/C(=N\N=C(/C)c1cccc(I)c1)OCc1c(C)cccc1-n1nnn(C)c1=O. The Morgan fingerprint density at radius 3 is 2.60 bits per heavy atom. The molecule has 156 valence electrons. The Morgan fingerprint density at radius 2 is 1.93 bits per heavy atom. The Hall–Kier alpha value is -2.82. The molecule has 0 fully saturated rings. The molecule has 0 amide bonds. The minimum absolute atomic E-state index is 0.246. The molecule has 0 spiro atoms. The Morgan fingerprint density at radius 1 is 1.17 bits per heavy atom. The molecule has 3 rings (SSSR count). The fourth-order valence-corrected chi connectivity index (χ4v) is 3.34.